The maximum absolute atomic E-state index is 4.14. The topological polar surface area (TPSA) is 25.2 Å². The number of aliphatic imine (C=N–C) groups is 1. The van der Waals surface area contributed by atoms with Crippen molar-refractivity contribution in [1.82, 2.24) is 4.98 Å². The van der Waals surface area contributed by atoms with Crippen molar-refractivity contribution in [3.8, 4) is 0 Å². The van der Waals surface area contributed by atoms with Gasteiger partial charge in [-0.1, -0.05) is 12.2 Å². The van der Waals surface area contributed by atoms with Crippen molar-refractivity contribution in [2.75, 3.05) is 0 Å². The Hall–Kier alpha value is -1.44. The van der Waals surface area contributed by atoms with E-state index in [1.807, 2.05) is 38.1 Å². The molecule has 0 spiro atoms. The molecule has 2 nitrogen and oxygen atoms in total. The van der Waals surface area contributed by atoms with Crippen molar-refractivity contribution in [2.45, 2.75) is 13.8 Å². The van der Waals surface area contributed by atoms with E-state index in [0.717, 1.165) is 11.4 Å². The Morgan fingerprint density at radius 2 is 2.25 bits per heavy atom. The summed E-state index contributed by atoms with van der Waals surface area (Å²) < 4.78 is 0. The lowest BCUT2D eigenvalue weighted by atomic mass is 10.2. The molecule has 0 fully saturated rings. The SMILES string of the molecule is CC=Nc1ncccc1/C=C\C. The molecule has 0 aliphatic rings. The van der Waals surface area contributed by atoms with E-state index in [1.54, 1.807) is 12.4 Å². The zero-order valence-electron chi connectivity index (χ0n) is 7.36. The molecule has 12 heavy (non-hydrogen) atoms. The van der Waals surface area contributed by atoms with Crippen LogP contribution in [-0.4, -0.2) is 11.2 Å². The number of pyridine rings is 1. The zero-order chi connectivity index (χ0) is 8.81. The molecule has 0 radical (unpaired) electrons. The fraction of sp³-hybridized carbons (Fsp3) is 0.200. The average Bonchev–Trinajstić information content (AvgIpc) is 2.09. The van der Waals surface area contributed by atoms with Gasteiger partial charge in [0.1, 0.15) is 0 Å². The Balaban J connectivity index is 3.08. The van der Waals surface area contributed by atoms with Gasteiger partial charge < -0.3 is 0 Å². The van der Waals surface area contributed by atoms with Gasteiger partial charge in [0.05, 0.1) is 0 Å². The molecule has 0 bridgehead atoms. The van der Waals surface area contributed by atoms with E-state index in [9.17, 15) is 0 Å². The van der Waals surface area contributed by atoms with Crippen LogP contribution in [0.5, 0.6) is 0 Å². The molecular weight excluding hydrogens is 148 g/mol. The molecule has 0 saturated heterocycles. The largest absolute Gasteiger partial charge is 0.241 e. The monoisotopic (exact) mass is 160 g/mol. The van der Waals surface area contributed by atoms with Crippen LogP contribution in [0.1, 0.15) is 19.4 Å². The van der Waals surface area contributed by atoms with Crippen molar-refractivity contribution >= 4 is 18.1 Å². The first-order valence-electron chi connectivity index (χ1n) is 3.95. The van der Waals surface area contributed by atoms with Gasteiger partial charge in [-0.05, 0) is 26.0 Å². The molecule has 0 aliphatic carbocycles. The molecule has 0 N–H and O–H groups in total. The summed E-state index contributed by atoms with van der Waals surface area (Å²) >= 11 is 0. The molecule has 0 amide bonds. The fourth-order valence-electron chi connectivity index (χ4n) is 0.949. The second-order valence-electron chi connectivity index (χ2n) is 2.30. The Morgan fingerprint density at radius 3 is 2.92 bits per heavy atom. The Labute approximate surface area is 72.7 Å². The number of rotatable bonds is 2. The number of allylic oxidation sites excluding steroid dienone is 1. The second-order valence-corrected chi connectivity index (χ2v) is 2.30. The molecule has 0 saturated carbocycles. The lowest BCUT2D eigenvalue weighted by Crippen LogP contribution is -1.78. The first kappa shape index (κ1) is 8.65. The Bertz CT molecular complexity index is 269. The van der Waals surface area contributed by atoms with Gasteiger partial charge in [0.15, 0.2) is 5.82 Å². The Morgan fingerprint density at radius 1 is 1.42 bits per heavy atom. The molecule has 1 heterocycles. The fourth-order valence-corrected chi connectivity index (χ4v) is 0.949. The number of hydrogen-bond acceptors (Lipinski definition) is 2. The van der Waals surface area contributed by atoms with Gasteiger partial charge in [0.2, 0.25) is 0 Å². The summed E-state index contributed by atoms with van der Waals surface area (Å²) in [6, 6.07) is 3.90. The van der Waals surface area contributed by atoms with Gasteiger partial charge in [0, 0.05) is 18.0 Å². The molecule has 0 aliphatic heterocycles. The summed E-state index contributed by atoms with van der Waals surface area (Å²) in [6.45, 7) is 3.86. The smallest absolute Gasteiger partial charge is 0.158 e. The van der Waals surface area contributed by atoms with Gasteiger partial charge in [-0.2, -0.15) is 0 Å². The van der Waals surface area contributed by atoms with Crippen molar-refractivity contribution in [1.29, 1.82) is 0 Å². The van der Waals surface area contributed by atoms with Gasteiger partial charge >= 0.3 is 0 Å². The normalized spacial score (nSPS) is 11.5. The first-order valence-corrected chi connectivity index (χ1v) is 3.95. The van der Waals surface area contributed by atoms with E-state index < -0.39 is 0 Å². The first-order chi connectivity index (χ1) is 5.88. The molecule has 1 aromatic rings. The van der Waals surface area contributed by atoms with Crippen molar-refractivity contribution in [3.63, 3.8) is 0 Å². The molecule has 1 aromatic heterocycles. The van der Waals surface area contributed by atoms with E-state index in [1.165, 1.54) is 0 Å². The third-order valence-corrected chi connectivity index (χ3v) is 1.41. The molecule has 2 heteroatoms. The summed E-state index contributed by atoms with van der Waals surface area (Å²) in [5, 5.41) is 0. The van der Waals surface area contributed by atoms with Crippen LogP contribution in [0.2, 0.25) is 0 Å². The van der Waals surface area contributed by atoms with Gasteiger partial charge in [-0.3, -0.25) is 0 Å². The average molecular weight is 160 g/mol. The summed E-state index contributed by atoms with van der Waals surface area (Å²) in [7, 11) is 0. The maximum atomic E-state index is 4.14. The summed E-state index contributed by atoms with van der Waals surface area (Å²) in [5.74, 6) is 0.776. The molecule has 62 valence electrons. The van der Waals surface area contributed by atoms with Gasteiger partial charge in [0.25, 0.3) is 0 Å². The predicted molar refractivity (Wildman–Crippen MR) is 52.8 cm³/mol. The third-order valence-electron chi connectivity index (χ3n) is 1.41. The van der Waals surface area contributed by atoms with Crippen LogP contribution in [0, 0.1) is 0 Å². The van der Waals surface area contributed by atoms with Crippen molar-refractivity contribution < 1.29 is 0 Å². The van der Waals surface area contributed by atoms with Gasteiger partial charge in [-0.25, -0.2) is 9.98 Å². The van der Waals surface area contributed by atoms with Crippen LogP contribution in [0.25, 0.3) is 6.08 Å². The molecule has 1 rings (SSSR count). The highest BCUT2D eigenvalue weighted by Crippen LogP contribution is 2.15. The van der Waals surface area contributed by atoms with Gasteiger partial charge in [-0.15, -0.1) is 0 Å². The van der Waals surface area contributed by atoms with Crippen LogP contribution < -0.4 is 0 Å². The van der Waals surface area contributed by atoms with E-state index in [2.05, 4.69) is 9.98 Å². The van der Waals surface area contributed by atoms with E-state index >= 15 is 0 Å². The minimum Gasteiger partial charge on any atom is -0.241 e. The van der Waals surface area contributed by atoms with Crippen LogP contribution in [0.4, 0.5) is 5.82 Å². The van der Waals surface area contributed by atoms with Crippen LogP contribution in [0.3, 0.4) is 0 Å². The molecule has 0 atom stereocenters. The minimum absolute atomic E-state index is 0.776. The van der Waals surface area contributed by atoms with E-state index in [4.69, 9.17) is 0 Å². The van der Waals surface area contributed by atoms with E-state index in [0.29, 0.717) is 0 Å². The van der Waals surface area contributed by atoms with Crippen LogP contribution in [0.15, 0.2) is 29.4 Å². The molecule has 0 unspecified atom stereocenters. The number of aromatic nitrogens is 1. The van der Waals surface area contributed by atoms with E-state index in [-0.39, 0.29) is 0 Å². The number of hydrogen-bond donors (Lipinski definition) is 0. The molecular formula is C10H12N2. The maximum Gasteiger partial charge on any atom is 0.158 e. The third kappa shape index (κ3) is 2.02. The lowest BCUT2D eigenvalue weighted by molar-refractivity contribution is 1.27. The highest BCUT2D eigenvalue weighted by atomic mass is 14.9. The standard InChI is InChI=1S/C10H12N2/c1-3-6-9-7-5-8-12-10(9)11-4-2/h3-8H,1-2H3/b6-3-,11-4?. The summed E-state index contributed by atoms with van der Waals surface area (Å²) in [6.07, 6.45) is 7.46. The highest BCUT2D eigenvalue weighted by Gasteiger charge is 1.94. The summed E-state index contributed by atoms with van der Waals surface area (Å²) in [4.78, 5) is 8.28. The van der Waals surface area contributed by atoms with Crippen molar-refractivity contribution in [2.24, 2.45) is 4.99 Å². The zero-order valence-corrected chi connectivity index (χ0v) is 7.36. The predicted octanol–water partition coefficient (Wildman–Crippen LogP) is 2.84. The van der Waals surface area contributed by atoms with Crippen molar-refractivity contribution in [3.05, 3.63) is 30.0 Å². The summed E-state index contributed by atoms with van der Waals surface area (Å²) in [5.41, 5.74) is 1.05. The Kier molecular flexibility index (Phi) is 3.20. The number of nitrogens with zero attached hydrogens (tertiary/aromatic N) is 2. The molecule has 0 aromatic carbocycles. The minimum atomic E-state index is 0.776. The quantitative estimate of drug-likeness (QED) is 0.611. The lowest BCUT2D eigenvalue weighted by Gasteiger charge is -1.96. The second kappa shape index (κ2) is 4.44. The van der Waals surface area contributed by atoms with Crippen LogP contribution >= 0.6 is 0 Å². The van der Waals surface area contributed by atoms with Crippen LogP contribution in [-0.2, 0) is 0 Å². The highest BCUT2D eigenvalue weighted by molar-refractivity contribution is 5.66.